The molecule has 20 heavy (non-hydrogen) atoms. The Morgan fingerprint density at radius 3 is 2.85 bits per heavy atom. The number of hydrogen-bond acceptors (Lipinski definition) is 4. The van der Waals surface area contributed by atoms with Gasteiger partial charge in [0.2, 0.25) is 0 Å². The van der Waals surface area contributed by atoms with Crippen molar-refractivity contribution in [2.45, 2.75) is 0 Å². The highest BCUT2D eigenvalue weighted by Gasteiger charge is 2.19. The number of amides is 1. The minimum Gasteiger partial charge on any atom is -0.422 e. The summed E-state index contributed by atoms with van der Waals surface area (Å²) >= 11 is 0. The van der Waals surface area contributed by atoms with Crippen LogP contribution in [-0.4, -0.2) is 35.6 Å². The topological polar surface area (TPSA) is 70.8 Å². The van der Waals surface area contributed by atoms with Crippen molar-refractivity contribution in [3.05, 3.63) is 59.0 Å². The van der Waals surface area contributed by atoms with Gasteiger partial charge in [-0.2, -0.15) is 0 Å². The van der Waals surface area contributed by atoms with Gasteiger partial charge >= 0.3 is 5.63 Å². The number of nitrogens with zero attached hydrogens (tertiary/aromatic N) is 1. The van der Waals surface area contributed by atoms with E-state index in [0.717, 1.165) is 0 Å². The normalized spacial score (nSPS) is 10.4. The lowest BCUT2D eigenvalue weighted by molar-refractivity contribution is 0.0739. The summed E-state index contributed by atoms with van der Waals surface area (Å²) in [6, 6.07) is 8.49. The average molecular weight is 273 g/mol. The van der Waals surface area contributed by atoms with Gasteiger partial charge in [-0.15, -0.1) is 6.58 Å². The molecule has 0 aliphatic rings. The molecule has 0 radical (unpaired) electrons. The van der Waals surface area contributed by atoms with Gasteiger partial charge in [0.25, 0.3) is 5.91 Å². The highest BCUT2D eigenvalue weighted by Crippen LogP contribution is 2.13. The summed E-state index contributed by atoms with van der Waals surface area (Å²) < 4.78 is 5.13. The van der Waals surface area contributed by atoms with Gasteiger partial charge in [0, 0.05) is 18.5 Å². The molecule has 0 saturated heterocycles. The van der Waals surface area contributed by atoms with Gasteiger partial charge in [-0.3, -0.25) is 4.79 Å². The van der Waals surface area contributed by atoms with Crippen LogP contribution in [0.15, 0.2) is 52.2 Å². The van der Waals surface area contributed by atoms with Crippen molar-refractivity contribution in [3.8, 4) is 0 Å². The number of benzene rings is 1. The molecule has 0 spiro atoms. The van der Waals surface area contributed by atoms with Crippen LogP contribution in [0.25, 0.3) is 11.0 Å². The molecule has 1 aromatic heterocycles. The molecule has 2 aromatic rings. The maximum atomic E-state index is 12.3. The fourth-order valence-corrected chi connectivity index (χ4v) is 1.93. The molecule has 2 rings (SSSR count). The molecule has 5 nitrogen and oxygen atoms in total. The third-order valence-corrected chi connectivity index (χ3v) is 2.88. The molecule has 0 unspecified atom stereocenters. The molecule has 0 fully saturated rings. The van der Waals surface area contributed by atoms with Crippen LogP contribution in [0.2, 0.25) is 0 Å². The number of aliphatic hydroxyl groups excluding tert-OH is 1. The second-order valence-electron chi connectivity index (χ2n) is 4.25. The maximum absolute atomic E-state index is 12.3. The zero-order valence-electron chi connectivity index (χ0n) is 10.9. The van der Waals surface area contributed by atoms with Crippen LogP contribution in [0.5, 0.6) is 0 Å². The van der Waals surface area contributed by atoms with Crippen LogP contribution in [0.1, 0.15) is 10.4 Å². The molecule has 0 aliphatic carbocycles. The summed E-state index contributed by atoms with van der Waals surface area (Å²) in [5, 5.41) is 9.65. The van der Waals surface area contributed by atoms with Gasteiger partial charge in [0.15, 0.2) is 0 Å². The lowest BCUT2D eigenvalue weighted by Gasteiger charge is -2.19. The number of carbonyl (C=O) groups excluding carboxylic acids is 1. The van der Waals surface area contributed by atoms with Gasteiger partial charge in [0.05, 0.1) is 6.61 Å². The van der Waals surface area contributed by atoms with Crippen LogP contribution >= 0.6 is 0 Å². The largest absolute Gasteiger partial charge is 0.422 e. The molecule has 1 amide bonds. The smallest absolute Gasteiger partial charge is 0.349 e. The molecular formula is C15H15NO4. The van der Waals surface area contributed by atoms with E-state index >= 15 is 0 Å². The second kappa shape index (κ2) is 6.16. The SMILES string of the molecule is C=CCN(CCO)C(=O)c1cc2ccccc2oc1=O. The molecule has 1 N–H and O–H groups in total. The fourth-order valence-electron chi connectivity index (χ4n) is 1.93. The van der Waals surface area contributed by atoms with Crippen molar-refractivity contribution in [1.82, 2.24) is 4.90 Å². The highest BCUT2D eigenvalue weighted by atomic mass is 16.4. The van der Waals surface area contributed by atoms with Crippen LogP contribution < -0.4 is 5.63 Å². The Kier molecular flexibility index (Phi) is 4.32. The number of rotatable bonds is 5. The van der Waals surface area contributed by atoms with E-state index in [-0.39, 0.29) is 25.3 Å². The molecule has 0 atom stereocenters. The number of fused-ring (bicyclic) bond motifs is 1. The molecule has 0 bridgehead atoms. The minimum atomic E-state index is -0.680. The maximum Gasteiger partial charge on any atom is 0.349 e. The monoisotopic (exact) mass is 273 g/mol. The van der Waals surface area contributed by atoms with E-state index in [4.69, 9.17) is 9.52 Å². The molecule has 0 saturated carbocycles. The quantitative estimate of drug-likeness (QED) is 0.660. The third kappa shape index (κ3) is 2.78. The number of aliphatic hydroxyl groups is 1. The zero-order valence-corrected chi connectivity index (χ0v) is 10.9. The van der Waals surface area contributed by atoms with Gasteiger partial charge in [0.1, 0.15) is 11.1 Å². The van der Waals surface area contributed by atoms with Crippen molar-refractivity contribution in [2.24, 2.45) is 0 Å². The van der Waals surface area contributed by atoms with Crippen LogP contribution in [0, 0.1) is 0 Å². The van der Waals surface area contributed by atoms with Gasteiger partial charge < -0.3 is 14.4 Å². The lowest BCUT2D eigenvalue weighted by atomic mass is 10.1. The number of carbonyl (C=O) groups is 1. The predicted octanol–water partition coefficient (Wildman–Crippen LogP) is 1.41. The summed E-state index contributed by atoms with van der Waals surface area (Å²) in [5.74, 6) is -0.474. The van der Waals surface area contributed by atoms with Crippen molar-refractivity contribution in [1.29, 1.82) is 0 Å². The van der Waals surface area contributed by atoms with Gasteiger partial charge in [-0.05, 0) is 12.1 Å². The van der Waals surface area contributed by atoms with Crippen molar-refractivity contribution >= 4 is 16.9 Å². The Balaban J connectivity index is 2.45. The standard InChI is InChI=1S/C15H15NO4/c1-2-7-16(8-9-17)14(18)12-10-11-5-3-4-6-13(11)20-15(12)19/h2-6,10,17H,1,7-9H2. The molecule has 104 valence electrons. The van der Waals surface area contributed by atoms with E-state index in [1.807, 2.05) is 0 Å². The van der Waals surface area contributed by atoms with E-state index in [9.17, 15) is 9.59 Å². The lowest BCUT2D eigenvalue weighted by Crippen LogP contribution is -2.36. The number of para-hydroxylation sites is 1. The van der Waals surface area contributed by atoms with E-state index in [2.05, 4.69) is 6.58 Å². The van der Waals surface area contributed by atoms with E-state index in [1.54, 1.807) is 24.3 Å². The van der Waals surface area contributed by atoms with E-state index < -0.39 is 11.5 Å². The molecule has 1 aromatic carbocycles. The first-order chi connectivity index (χ1) is 9.67. The Bertz CT molecular complexity index is 690. The summed E-state index contributed by atoms with van der Waals surface area (Å²) in [5.41, 5.74) is -0.286. The highest BCUT2D eigenvalue weighted by molar-refractivity contribution is 5.96. The summed E-state index contributed by atoms with van der Waals surface area (Å²) in [6.07, 6.45) is 1.54. The van der Waals surface area contributed by atoms with Crippen molar-refractivity contribution in [2.75, 3.05) is 19.7 Å². The van der Waals surface area contributed by atoms with E-state index in [1.165, 1.54) is 17.0 Å². The van der Waals surface area contributed by atoms with Crippen LogP contribution in [-0.2, 0) is 0 Å². The number of hydrogen-bond donors (Lipinski definition) is 1. The van der Waals surface area contributed by atoms with Gasteiger partial charge in [-0.1, -0.05) is 24.3 Å². The Morgan fingerprint density at radius 1 is 1.40 bits per heavy atom. The van der Waals surface area contributed by atoms with Crippen molar-refractivity contribution in [3.63, 3.8) is 0 Å². The Hall–Kier alpha value is -2.40. The first kappa shape index (κ1) is 14.0. The molecule has 5 heteroatoms. The first-order valence-electron chi connectivity index (χ1n) is 6.21. The predicted molar refractivity (Wildman–Crippen MR) is 75.7 cm³/mol. The molecular weight excluding hydrogens is 258 g/mol. The van der Waals surface area contributed by atoms with Crippen LogP contribution in [0.4, 0.5) is 0 Å². The van der Waals surface area contributed by atoms with Crippen LogP contribution in [0.3, 0.4) is 0 Å². The zero-order chi connectivity index (χ0) is 14.5. The Morgan fingerprint density at radius 2 is 2.15 bits per heavy atom. The average Bonchev–Trinajstić information content (AvgIpc) is 2.45. The first-order valence-corrected chi connectivity index (χ1v) is 6.21. The third-order valence-electron chi connectivity index (χ3n) is 2.88. The van der Waals surface area contributed by atoms with Gasteiger partial charge in [-0.25, -0.2) is 4.79 Å². The summed E-state index contributed by atoms with van der Waals surface area (Å²) in [7, 11) is 0. The Labute approximate surface area is 115 Å². The molecule has 0 aliphatic heterocycles. The van der Waals surface area contributed by atoms with Crippen molar-refractivity contribution < 1.29 is 14.3 Å². The second-order valence-corrected chi connectivity index (χ2v) is 4.25. The summed E-state index contributed by atoms with van der Waals surface area (Å²) in [4.78, 5) is 25.5. The van der Waals surface area contributed by atoms with E-state index in [0.29, 0.717) is 11.0 Å². The molecule has 1 heterocycles. The summed E-state index contributed by atoms with van der Waals surface area (Å²) in [6.45, 7) is 3.76. The fraction of sp³-hybridized carbons (Fsp3) is 0.200. The minimum absolute atomic E-state index is 0.0426.